The van der Waals surface area contributed by atoms with Crippen LogP contribution in [0.4, 0.5) is 0 Å². The summed E-state index contributed by atoms with van der Waals surface area (Å²) in [7, 11) is -1.64. The molecule has 0 saturated heterocycles. The summed E-state index contributed by atoms with van der Waals surface area (Å²) < 4.78 is 7.35. The van der Waals surface area contributed by atoms with Crippen LogP contribution in [0, 0.1) is 52.3 Å². The minimum Gasteiger partial charge on any atom is -0.414 e. The fourth-order valence-corrected chi connectivity index (χ4v) is 12.7. The maximum absolute atomic E-state index is 7.35. The molecule has 4 fully saturated rings. The van der Waals surface area contributed by atoms with E-state index >= 15 is 0 Å². The molecule has 216 valence electrons. The molecule has 0 radical (unpaired) electrons. The van der Waals surface area contributed by atoms with Gasteiger partial charge in [0.15, 0.2) is 8.32 Å². The van der Waals surface area contributed by atoms with Crippen LogP contribution in [-0.2, 0) is 10.8 Å². The smallest absolute Gasteiger partial charge is 0.184 e. The van der Waals surface area contributed by atoms with Crippen molar-refractivity contribution in [3.63, 3.8) is 0 Å². The Kier molecular flexibility index (Phi) is 8.35. The van der Waals surface area contributed by atoms with Crippen molar-refractivity contribution in [2.75, 3.05) is 0 Å². The highest BCUT2D eigenvalue weighted by Crippen LogP contribution is 2.70. The van der Waals surface area contributed by atoms with Crippen LogP contribution < -0.4 is 0 Å². The van der Waals surface area contributed by atoms with Crippen LogP contribution in [0.25, 0.3) is 0 Å². The summed E-state index contributed by atoms with van der Waals surface area (Å²) >= 11 is 1.85. The molecule has 5 heteroatoms. The summed E-state index contributed by atoms with van der Waals surface area (Å²) in [5.74, 6) is 6.23. The van der Waals surface area contributed by atoms with E-state index in [1.807, 2.05) is 11.3 Å². The lowest BCUT2D eigenvalue weighted by Gasteiger charge is -2.65. The molecule has 1 unspecified atom stereocenters. The van der Waals surface area contributed by atoms with Gasteiger partial charge in [-0.2, -0.15) is 0 Å². The molecule has 1 aromatic rings. The second-order valence-corrected chi connectivity index (χ2v) is 21.4. The van der Waals surface area contributed by atoms with E-state index < -0.39 is 8.32 Å². The maximum atomic E-state index is 7.35. The van der Waals surface area contributed by atoms with Gasteiger partial charge in [0.1, 0.15) is 10.0 Å². The fourth-order valence-electron chi connectivity index (χ4n) is 10.7. The van der Waals surface area contributed by atoms with E-state index in [-0.39, 0.29) is 0 Å². The van der Waals surface area contributed by atoms with Crippen molar-refractivity contribution in [2.45, 2.75) is 144 Å². The van der Waals surface area contributed by atoms with Gasteiger partial charge in [-0.15, -0.1) is 21.5 Å². The lowest BCUT2D eigenvalue weighted by molar-refractivity contribution is -0.189. The summed E-state index contributed by atoms with van der Waals surface area (Å²) in [6.07, 6.45) is 15.8. The van der Waals surface area contributed by atoms with Crippen molar-refractivity contribution in [1.82, 2.24) is 10.2 Å². The summed E-state index contributed by atoms with van der Waals surface area (Å²) in [5, 5.41) is 11.5. The van der Waals surface area contributed by atoms with Gasteiger partial charge in [0.25, 0.3) is 0 Å². The molecular formula is C33H58N2OSSi. The van der Waals surface area contributed by atoms with Gasteiger partial charge in [0.05, 0.1) is 6.10 Å². The van der Waals surface area contributed by atoms with Crippen LogP contribution in [0.1, 0.15) is 122 Å². The zero-order valence-corrected chi connectivity index (χ0v) is 28.0. The Hall–Kier alpha value is -0.263. The van der Waals surface area contributed by atoms with Crippen molar-refractivity contribution in [3.8, 4) is 0 Å². The third-order valence-electron chi connectivity index (χ3n) is 12.3. The molecule has 4 aliphatic carbocycles. The summed E-state index contributed by atoms with van der Waals surface area (Å²) in [6.45, 7) is 22.3. The van der Waals surface area contributed by atoms with Crippen molar-refractivity contribution < 1.29 is 4.43 Å². The highest BCUT2D eigenvalue weighted by Gasteiger charge is 2.65. The topological polar surface area (TPSA) is 35.0 Å². The number of hydrogen-bond donors (Lipinski definition) is 0. The largest absolute Gasteiger partial charge is 0.414 e. The Morgan fingerprint density at radius 3 is 2.32 bits per heavy atom. The Morgan fingerprint density at radius 2 is 1.66 bits per heavy atom. The molecule has 1 aromatic heterocycles. The van der Waals surface area contributed by atoms with Crippen LogP contribution in [0.5, 0.6) is 0 Å². The zero-order chi connectivity index (χ0) is 27.5. The number of fused-ring (bicyclic) bond motifs is 5. The molecule has 10 atom stereocenters. The molecule has 38 heavy (non-hydrogen) atoms. The number of nitrogens with zero attached hydrogens (tertiary/aromatic N) is 2. The average Bonchev–Trinajstić information content (AvgIpc) is 3.46. The molecule has 0 spiro atoms. The second kappa shape index (κ2) is 10.9. The minimum absolute atomic E-state index is 0.474. The maximum Gasteiger partial charge on any atom is 0.184 e. The van der Waals surface area contributed by atoms with E-state index in [1.54, 1.807) is 0 Å². The van der Waals surface area contributed by atoms with E-state index in [2.05, 4.69) is 71.4 Å². The Balaban J connectivity index is 1.40. The molecule has 0 amide bonds. The third kappa shape index (κ3) is 5.12. The predicted octanol–water partition coefficient (Wildman–Crippen LogP) is 9.75. The second-order valence-electron chi connectivity index (χ2n) is 15.8. The summed E-state index contributed by atoms with van der Waals surface area (Å²) in [6, 6.07) is 0. The monoisotopic (exact) mass is 558 g/mol. The van der Waals surface area contributed by atoms with Crippen molar-refractivity contribution >= 4 is 19.7 Å². The number of aryl methyl sites for hydroxylation is 1. The van der Waals surface area contributed by atoms with E-state index in [9.17, 15) is 0 Å². The van der Waals surface area contributed by atoms with E-state index in [1.165, 1.54) is 74.2 Å². The summed E-state index contributed by atoms with van der Waals surface area (Å²) in [4.78, 5) is 0. The molecule has 0 aromatic carbocycles. The van der Waals surface area contributed by atoms with Crippen LogP contribution in [0.2, 0.25) is 19.6 Å². The highest BCUT2D eigenvalue weighted by molar-refractivity contribution is 7.11. The molecule has 0 N–H and O–H groups in total. The van der Waals surface area contributed by atoms with Crippen LogP contribution in [-0.4, -0.2) is 24.6 Å². The quantitative estimate of drug-likeness (QED) is 0.298. The van der Waals surface area contributed by atoms with Crippen molar-refractivity contribution in [1.29, 1.82) is 0 Å². The number of rotatable bonds is 8. The zero-order valence-electron chi connectivity index (χ0n) is 26.2. The van der Waals surface area contributed by atoms with Crippen molar-refractivity contribution in [2.24, 2.45) is 52.3 Å². The summed E-state index contributed by atoms with van der Waals surface area (Å²) in [5.41, 5.74) is 1.02. The Labute approximate surface area is 239 Å². The predicted molar refractivity (Wildman–Crippen MR) is 164 cm³/mol. The van der Waals surface area contributed by atoms with Crippen molar-refractivity contribution in [3.05, 3.63) is 10.0 Å². The Bertz CT molecular complexity index is 957. The van der Waals surface area contributed by atoms with E-state index in [4.69, 9.17) is 4.43 Å². The average molecular weight is 559 g/mol. The molecule has 1 heterocycles. The van der Waals surface area contributed by atoms with E-state index in [0.717, 1.165) is 47.8 Å². The fraction of sp³-hybridized carbons (Fsp3) is 0.939. The lowest BCUT2D eigenvalue weighted by Crippen LogP contribution is -2.63. The molecular weight excluding hydrogens is 501 g/mol. The lowest BCUT2D eigenvalue weighted by atomic mass is 9.41. The standard InChI is InChI=1S/C33H58N2OSSi/c1-10-23-25-13-11-12-19-32(25,5)27-18-20-33(6)24(15-16-26(33)29(27)30(23)36-38(7,8)9)22(4)14-17-28-34-35-31(37-28)21(2)3/h21-27,29-30H,10-20H2,1-9H3/t22-,23-,24-,25+,26+,27+,29+,30?,32+,33-/m1/s1. The number of aromatic nitrogens is 2. The molecule has 0 aliphatic heterocycles. The van der Waals surface area contributed by atoms with Gasteiger partial charge in [0, 0.05) is 12.3 Å². The van der Waals surface area contributed by atoms with Gasteiger partial charge in [-0.25, -0.2) is 0 Å². The molecule has 4 saturated carbocycles. The van der Waals surface area contributed by atoms with E-state index in [0.29, 0.717) is 22.9 Å². The molecule has 5 rings (SSSR count). The first kappa shape index (κ1) is 29.2. The normalized spacial score (nSPS) is 42.0. The van der Waals surface area contributed by atoms with Crippen LogP contribution in [0.15, 0.2) is 0 Å². The Morgan fingerprint density at radius 1 is 0.921 bits per heavy atom. The van der Waals surface area contributed by atoms with Crippen LogP contribution >= 0.6 is 11.3 Å². The van der Waals surface area contributed by atoms with Gasteiger partial charge in [-0.05, 0) is 117 Å². The van der Waals surface area contributed by atoms with Gasteiger partial charge >= 0.3 is 0 Å². The molecule has 3 nitrogen and oxygen atoms in total. The third-order valence-corrected chi connectivity index (χ3v) is 14.6. The first-order chi connectivity index (χ1) is 17.9. The van der Waals surface area contributed by atoms with Gasteiger partial charge in [0.2, 0.25) is 0 Å². The minimum atomic E-state index is -1.64. The first-order valence-electron chi connectivity index (χ1n) is 16.4. The first-order valence-corrected chi connectivity index (χ1v) is 20.6. The molecule has 0 bridgehead atoms. The van der Waals surface area contributed by atoms with Gasteiger partial charge in [-0.3, -0.25) is 0 Å². The highest BCUT2D eigenvalue weighted by atomic mass is 32.1. The number of hydrogen-bond acceptors (Lipinski definition) is 4. The van der Waals surface area contributed by atoms with Gasteiger partial charge in [-0.1, -0.05) is 60.8 Å². The van der Waals surface area contributed by atoms with Crippen LogP contribution in [0.3, 0.4) is 0 Å². The SMILES string of the molecule is CC[C@H]1C(O[Si](C)(C)C)[C@@H]2[C@H](CC[C@]3(C)[C@@H]([C@H](C)CCc4nnc(C(C)C)s4)CC[C@@H]23)[C@@]2(C)CCCC[C@@H]12. The van der Waals surface area contributed by atoms with Gasteiger partial charge < -0.3 is 4.43 Å². The molecule has 4 aliphatic rings.